The summed E-state index contributed by atoms with van der Waals surface area (Å²) in [5.41, 5.74) is -0.826. The molecule has 0 aliphatic carbocycles. The zero-order valence-electron chi connectivity index (χ0n) is 10.2. The SMILES string of the molecule is CCCN(c1cccc(C(F)(F)F)n1)C1CNC1. The van der Waals surface area contributed by atoms with Crippen LogP contribution in [0, 0.1) is 0 Å². The lowest BCUT2D eigenvalue weighted by molar-refractivity contribution is -0.141. The summed E-state index contributed by atoms with van der Waals surface area (Å²) in [4.78, 5) is 5.69. The molecule has 3 nitrogen and oxygen atoms in total. The van der Waals surface area contributed by atoms with E-state index in [1.165, 1.54) is 6.07 Å². The van der Waals surface area contributed by atoms with Gasteiger partial charge in [-0.05, 0) is 18.6 Å². The van der Waals surface area contributed by atoms with Crippen LogP contribution >= 0.6 is 0 Å². The van der Waals surface area contributed by atoms with Gasteiger partial charge < -0.3 is 10.2 Å². The summed E-state index contributed by atoms with van der Waals surface area (Å²) in [7, 11) is 0. The van der Waals surface area contributed by atoms with Crippen molar-refractivity contribution >= 4 is 5.82 Å². The van der Waals surface area contributed by atoms with E-state index in [1.54, 1.807) is 6.07 Å². The zero-order chi connectivity index (χ0) is 13.2. The molecule has 2 rings (SSSR count). The van der Waals surface area contributed by atoms with Crippen LogP contribution in [0.15, 0.2) is 18.2 Å². The molecule has 0 spiro atoms. The molecule has 0 aromatic carbocycles. The molecule has 2 heterocycles. The van der Waals surface area contributed by atoms with Gasteiger partial charge in [-0.25, -0.2) is 4.98 Å². The van der Waals surface area contributed by atoms with Crippen LogP contribution in [-0.4, -0.2) is 30.7 Å². The largest absolute Gasteiger partial charge is 0.433 e. The van der Waals surface area contributed by atoms with Gasteiger partial charge in [-0.3, -0.25) is 0 Å². The fourth-order valence-electron chi connectivity index (χ4n) is 1.96. The van der Waals surface area contributed by atoms with E-state index in [-0.39, 0.29) is 6.04 Å². The fourth-order valence-corrected chi connectivity index (χ4v) is 1.96. The van der Waals surface area contributed by atoms with Crippen LogP contribution < -0.4 is 10.2 Å². The molecule has 1 saturated heterocycles. The number of nitrogens with one attached hydrogen (secondary N) is 1. The van der Waals surface area contributed by atoms with Gasteiger partial charge in [0.2, 0.25) is 0 Å². The summed E-state index contributed by atoms with van der Waals surface area (Å²) in [6, 6.07) is 4.32. The number of halogens is 3. The van der Waals surface area contributed by atoms with E-state index in [0.29, 0.717) is 5.82 Å². The molecule has 1 N–H and O–H groups in total. The van der Waals surface area contributed by atoms with Gasteiger partial charge in [0.1, 0.15) is 11.5 Å². The maximum Gasteiger partial charge on any atom is 0.433 e. The van der Waals surface area contributed by atoms with Gasteiger partial charge in [-0.1, -0.05) is 13.0 Å². The molecule has 1 aromatic rings. The van der Waals surface area contributed by atoms with E-state index in [9.17, 15) is 13.2 Å². The lowest BCUT2D eigenvalue weighted by atomic mass is 10.1. The summed E-state index contributed by atoms with van der Waals surface area (Å²) < 4.78 is 37.9. The first-order chi connectivity index (χ1) is 8.52. The molecule has 0 amide bonds. The van der Waals surface area contributed by atoms with Gasteiger partial charge >= 0.3 is 6.18 Å². The molecule has 0 saturated carbocycles. The first-order valence-electron chi connectivity index (χ1n) is 6.04. The highest BCUT2D eigenvalue weighted by Crippen LogP contribution is 2.29. The number of pyridine rings is 1. The number of anilines is 1. The normalized spacial score (nSPS) is 16.4. The van der Waals surface area contributed by atoms with Gasteiger partial charge in [0.25, 0.3) is 0 Å². The lowest BCUT2D eigenvalue weighted by Gasteiger charge is -2.39. The fraction of sp³-hybridized carbons (Fsp3) is 0.583. The van der Waals surface area contributed by atoms with Gasteiger partial charge in [-0.2, -0.15) is 13.2 Å². The van der Waals surface area contributed by atoms with Crippen LogP contribution in [0.1, 0.15) is 19.0 Å². The van der Waals surface area contributed by atoms with E-state index in [4.69, 9.17) is 0 Å². The minimum Gasteiger partial charge on any atom is -0.351 e. The summed E-state index contributed by atoms with van der Waals surface area (Å²) in [5, 5.41) is 3.12. The van der Waals surface area contributed by atoms with Crippen LogP contribution in [0.3, 0.4) is 0 Å². The Morgan fingerprint density at radius 3 is 2.61 bits per heavy atom. The Morgan fingerprint density at radius 2 is 2.11 bits per heavy atom. The Kier molecular flexibility index (Phi) is 3.75. The second-order valence-corrected chi connectivity index (χ2v) is 4.38. The third-order valence-corrected chi connectivity index (χ3v) is 2.98. The molecule has 6 heteroatoms. The first-order valence-corrected chi connectivity index (χ1v) is 6.04. The van der Waals surface area contributed by atoms with Crippen molar-refractivity contribution in [2.45, 2.75) is 25.6 Å². The molecule has 100 valence electrons. The number of hydrogen-bond donors (Lipinski definition) is 1. The van der Waals surface area contributed by atoms with Crippen molar-refractivity contribution in [1.29, 1.82) is 0 Å². The minimum atomic E-state index is -4.38. The Hall–Kier alpha value is -1.30. The predicted molar refractivity (Wildman–Crippen MR) is 63.5 cm³/mol. The lowest BCUT2D eigenvalue weighted by Crippen LogP contribution is -2.57. The average molecular weight is 259 g/mol. The van der Waals surface area contributed by atoms with Gasteiger partial charge in [0, 0.05) is 19.6 Å². The number of aromatic nitrogens is 1. The number of alkyl halides is 3. The minimum absolute atomic E-state index is 0.251. The average Bonchev–Trinajstić information content (AvgIpc) is 2.25. The molecule has 1 aliphatic rings. The van der Waals surface area contributed by atoms with Crippen LogP contribution in [0.25, 0.3) is 0 Å². The molecule has 0 unspecified atom stereocenters. The number of nitrogens with zero attached hydrogens (tertiary/aromatic N) is 2. The predicted octanol–water partition coefficient (Wildman–Crippen LogP) is 2.29. The molecule has 0 radical (unpaired) electrons. The van der Waals surface area contributed by atoms with Gasteiger partial charge in [0.05, 0.1) is 6.04 Å². The summed E-state index contributed by atoms with van der Waals surface area (Å²) in [6.07, 6.45) is -3.50. The van der Waals surface area contributed by atoms with Crippen LogP contribution in [-0.2, 0) is 6.18 Å². The van der Waals surface area contributed by atoms with Crippen LogP contribution in [0.5, 0.6) is 0 Å². The Bertz CT molecular complexity index is 402. The Labute approximate surface area is 104 Å². The van der Waals surface area contributed by atoms with Crippen molar-refractivity contribution in [1.82, 2.24) is 10.3 Å². The quantitative estimate of drug-likeness (QED) is 0.899. The monoisotopic (exact) mass is 259 g/mol. The van der Waals surface area contributed by atoms with Crippen molar-refractivity contribution in [3.63, 3.8) is 0 Å². The summed E-state index contributed by atoms with van der Waals surface area (Å²) in [5.74, 6) is 0.415. The third kappa shape index (κ3) is 2.75. The van der Waals surface area contributed by atoms with E-state index >= 15 is 0 Å². The van der Waals surface area contributed by atoms with Crippen molar-refractivity contribution in [2.75, 3.05) is 24.5 Å². The topological polar surface area (TPSA) is 28.2 Å². The standard InChI is InChI=1S/C12H16F3N3/c1-2-6-18(9-7-16-8-9)11-5-3-4-10(17-11)12(13,14)15/h3-5,9,16H,2,6-8H2,1H3. The van der Waals surface area contributed by atoms with E-state index in [0.717, 1.165) is 32.1 Å². The van der Waals surface area contributed by atoms with Crippen molar-refractivity contribution in [3.8, 4) is 0 Å². The summed E-state index contributed by atoms with van der Waals surface area (Å²) in [6.45, 7) is 4.34. The first kappa shape index (κ1) is 13.1. The van der Waals surface area contributed by atoms with Crippen LogP contribution in [0.2, 0.25) is 0 Å². The van der Waals surface area contributed by atoms with Gasteiger partial charge in [0.15, 0.2) is 0 Å². The molecular weight excluding hydrogens is 243 g/mol. The third-order valence-electron chi connectivity index (χ3n) is 2.98. The number of rotatable bonds is 4. The van der Waals surface area contributed by atoms with Crippen molar-refractivity contribution in [2.24, 2.45) is 0 Å². The van der Waals surface area contributed by atoms with E-state index in [2.05, 4.69) is 10.3 Å². The zero-order valence-corrected chi connectivity index (χ0v) is 10.2. The molecular formula is C12H16F3N3. The second kappa shape index (κ2) is 5.14. The maximum atomic E-state index is 12.6. The molecule has 1 aromatic heterocycles. The smallest absolute Gasteiger partial charge is 0.351 e. The maximum absolute atomic E-state index is 12.6. The highest BCUT2D eigenvalue weighted by molar-refractivity contribution is 5.42. The summed E-state index contributed by atoms with van der Waals surface area (Å²) >= 11 is 0. The Balaban J connectivity index is 2.24. The molecule has 1 fully saturated rings. The number of hydrogen-bond acceptors (Lipinski definition) is 3. The van der Waals surface area contributed by atoms with Crippen molar-refractivity contribution in [3.05, 3.63) is 23.9 Å². The van der Waals surface area contributed by atoms with Gasteiger partial charge in [-0.15, -0.1) is 0 Å². The highest BCUT2D eigenvalue weighted by Gasteiger charge is 2.33. The van der Waals surface area contributed by atoms with E-state index < -0.39 is 11.9 Å². The second-order valence-electron chi connectivity index (χ2n) is 4.38. The molecule has 1 aliphatic heterocycles. The highest BCUT2D eigenvalue weighted by atomic mass is 19.4. The Morgan fingerprint density at radius 1 is 1.39 bits per heavy atom. The van der Waals surface area contributed by atoms with Crippen LogP contribution in [0.4, 0.5) is 19.0 Å². The molecule has 18 heavy (non-hydrogen) atoms. The van der Waals surface area contributed by atoms with E-state index in [1.807, 2.05) is 11.8 Å². The molecule has 0 atom stereocenters. The van der Waals surface area contributed by atoms with Crippen molar-refractivity contribution < 1.29 is 13.2 Å². The molecule has 0 bridgehead atoms.